The summed E-state index contributed by atoms with van der Waals surface area (Å²) in [5, 5.41) is 12.7. The average molecular weight is 329 g/mol. The SMILES string of the molecule is Cc1onc(-c2ccc(F)cn2)c1COc1ccc(C(=O)O)nc1. The zero-order chi connectivity index (χ0) is 17.1. The molecule has 0 spiro atoms. The van der Waals surface area contributed by atoms with Crippen molar-refractivity contribution < 1.29 is 23.6 Å². The monoisotopic (exact) mass is 329 g/mol. The Labute approximate surface area is 135 Å². The van der Waals surface area contributed by atoms with E-state index in [4.69, 9.17) is 14.4 Å². The third kappa shape index (κ3) is 3.22. The molecule has 0 aliphatic rings. The van der Waals surface area contributed by atoms with Crippen LogP contribution in [-0.4, -0.2) is 26.2 Å². The van der Waals surface area contributed by atoms with Crippen LogP contribution in [0.25, 0.3) is 11.4 Å². The number of carboxylic acids is 1. The highest BCUT2D eigenvalue weighted by Gasteiger charge is 2.17. The van der Waals surface area contributed by atoms with Gasteiger partial charge in [0, 0.05) is 0 Å². The van der Waals surface area contributed by atoms with Gasteiger partial charge in [0.15, 0.2) is 0 Å². The first kappa shape index (κ1) is 15.6. The largest absolute Gasteiger partial charge is 0.487 e. The van der Waals surface area contributed by atoms with Gasteiger partial charge in [0.25, 0.3) is 0 Å². The van der Waals surface area contributed by atoms with E-state index in [9.17, 15) is 9.18 Å². The third-order valence-electron chi connectivity index (χ3n) is 3.29. The summed E-state index contributed by atoms with van der Waals surface area (Å²) in [6.45, 7) is 1.85. The summed E-state index contributed by atoms with van der Waals surface area (Å²) in [6, 6.07) is 5.64. The molecule has 0 saturated heterocycles. The van der Waals surface area contributed by atoms with E-state index in [-0.39, 0.29) is 12.3 Å². The Hall–Kier alpha value is -3.29. The van der Waals surface area contributed by atoms with Crippen LogP contribution in [0, 0.1) is 12.7 Å². The van der Waals surface area contributed by atoms with E-state index in [1.165, 1.54) is 30.5 Å². The van der Waals surface area contributed by atoms with E-state index in [0.29, 0.717) is 28.5 Å². The highest BCUT2D eigenvalue weighted by molar-refractivity contribution is 5.85. The van der Waals surface area contributed by atoms with Gasteiger partial charge >= 0.3 is 5.97 Å². The lowest BCUT2D eigenvalue weighted by Gasteiger charge is -2.06. The van der Waals surface area contributed by atoms with Crippen molar-refractivity contribution in [1.29, 1.82) is 0 Å². The topological polar surface area (TPSA) is 98.3 Å². The van der Waals surface area contributed by atoms with Crippen LogP contribution < -0.4 is 4.74 Å². The van der Waals surface area contributed by atoms with Crippen LogP contribution in [0.5, 0.6) is 5.75 Å². The molecule has 3 heterocycles. The van der Waals surface area contributed by atoms with Crippen molar-refractivity contribution in [3.63, 3.8) is 0 Å². The lowest BCUT2D eigenvalue weighted by atomic mass is 10.1. The number of aryl methyl sites for hydroxylation is 1. The van der Waals surface area contributed by atoms with E-state index in [0.717, 1.165) is 6.20 Å². The molecule has 0 bridgehead atoms. The number of ether oxygens (including phenoxy) is 1. The molecule has 0 fully saturated rings. The number of carboxylic acid groups (broad SMARTS) is 1. The van der Waals surface area contributed by atoms with Crippen LogP contribution in [0.1, 0.15) is 21.8 Å². The minimum Gasteiger partial charge on any atom is -0.487 e. The number of nitrogens with zero attached hydrogens (tertiary/aromatic N) is 3. The predicted octanol–water partition coefficient (Wildman–Crippen LogP) is 2.86. The van der Waals surface area contributed by atoms with Crippen LogP contribution in [0.15, 0.2) is 41.2 Å². The van der Waals surface area contributed by atoms with E-state index >= 15 is 0 Å². The molecule has 122 valence electrons. The summed E-state index contributed by atoms with van der Waals surface area (Å²) in [5.41, 5.74) is 1.52. The number of aromatic nitrogens is 3. The average Bonchev–Trinajstić information content (AvgIpc) is 2.95. The van der Waals surface area contributed by atoms with Gasteiger partial charge in [-0.25, -0.2) is 14.2 Å². The fourth-order valence-electron chi connectivity index (χ4n) is 2.03. The van der Waals surface area contributed by atoms with Gasteiger partial charge in [-0.15, -0.1) is 0 Å². The highest BCUT2D eigenvalue weighted by atomic mass is 19.1. The van der Waals surface area contributed by atoms with E-state index < -0.39 is 11.8 Å². The fourth-order valence-corrected chi connectivity index (χ4v) is 2.03. The predicted molar refractivity (Wildman–Crippen MR) is 80.0 cm³/mol. The molecule has 0 atom stereocenters. The third-order valence-corrected chi connectivity index (χ3v) is 3.29. The second kappa shape index (κ2) is 6.45. The number of rotatable bonds is 5. The molecule has 7 nitrogen and oxygen atoms in total. The van der Waals surface area contributed by atoms with E-state index in [2.05, 4.69) is 15.1 Å². The van der Waals surface area contributed by atoms with Gasteiger partial charge in [-0.2, -0.15) is 0 Å². The van der Waals surface area contributed by atoms with Crippen molar-refractivity contribution in [3.05, 3.63) is 59.5 Å². The lowest BCUT2D eigenvalue weighted by molar-refractivity contribution is 0.0690. The van der Waals surface area contributed by atoms with Gasteiger partial charge in [0.2, 0.25) is 0 Å². The molecule has 0 aromatic carbocycles. The molecule has 8 heteroatoms. The molecule has 0 amide bonds. The summed E-state index contributed by atoms with van der Waals surface area (Å²) in [6.07, 6.45) is 2.42. The first-order valence-corrected chi connectivity index (χ1v) is 6.94. The molecule has 3 aromatic heterocycles. The number of pyridine rings is 2. The Kier molecular flexibility index (Phi) is 4.19. The van der Waals surface area contributed by atoms with Crippen molar-refractivity contribution in [1.82, 2.24) is 15.1 Å². The summed E-state index contributed by atoms with van der Waals surface area (Å²) in [4.78, 5) is 18.5. The van der Waals surface area contributed by atoms with E-state index in [1.54, 1.807) is 6.92 Å². The molecule has 0 aliphatic carbocycles. The van der Waals surface area contributed by atoms with Crippen molar-refractivity contribution in [2.24, 2.45) is 0 Å². The molecule has 1 N–H and O–H groups in total. The lowest BCUT2D eigenvalue weighted by Crippen LogP contribution is -2.02. The van der Waals surface area contributed by atoms with Crippen molar-refractivity contribution in [3.8, 4) is 17.1 Å². The fraction of sp³-hybridized carbons (Fsp3) is 0.125. The van der Waals surface area contributed by atoms with Crippen LogP contribution >= 0.6 is 0 Å². The van der Waals surface area contributed by atoms with Gasteiger partial charge in [0.1, 0.15) is 35.3 Å². The maximum absolute atomic E-state index is 13.0. The second-order valence-corrected chi connectivity index (χ2v) is 4.90. The zero-order valence-corrected chi connectivity index (χ0v) is 12.6. The number of carbonyl (C=O) groups is 1. The minimum absolute atomic E-state index is 0.0697. The maximum atomic E-state index is 13.0. The van der Waals surface area contributed by atoms with Crippen molar-refractivity contribution in [2.75, 3.05) is 0 Å². The smallest absolute Gasteiger partial charge is 0.354 e. The molecule has 3 aromatic rings. The molecule has 3 rings (SSSR count). The van der Waals surface area contributed by atoms with Crippen LogP contribution in [0.2, 0.25) is 0 Å². The molecule has 0 radical (unpaired) electrons. The number of hydrogen-bond donors (Lipinski definition) is 1. The Bertz CT molecular complexity index is 860. The first-order valence-electron chi connectivity index (χ1n) is 6.94. The number of aromatic carboxylic acids is 1. The molecule has 0 saturated carbocycles. The molecular weight excluding hydrogens is 317 g/mol. The van der Waals surface area contributed by atoms with E-state index in [1.807, 2.05) is 0 Å². The normalized spacial score (nSPS) is 10.6. The van der Waals surface area contributed by atoms with Crippen LogP contribution in [0.3, 0.4) is 0 Å². The maximum Gasteiger partial charge on any atom is 0.354 e. The second-order valence-electron chi connectivity index (χ2n) is 4.90. The minimum atomic E-state index is -1.11. The summed E-state index contributed by atoms with van der Waals surface area (Å²) in [5.74, 6) is -0.604. The quantitative estimate of drug-likeness (QED) is 0.768. The Balaban J connectivity index is 1.79. The van der Waals surface area contributed by atoms with Crippen LogP contribution in [0.4, 0.5) is 4.39 Å². The summed E-state index contributed by atoms with van der Waals surface area (Å²) in [7, 11) is 0. The Morgan fingerprint density at radius 3 is 2.71 bits per heavy atom. The molecular formula is C16H12FN3O4. The molecule has 0 unspecified atom stereocenters. The van der Waals surface area contributed by atoms with Gasteiger partial charge < -0.3 is 14.4 Å². The number of hydrogen-bond acceptors (Lipinski definition) is 6. The van der Waals surface area contributed by atoms with Crippen molar-refractivity contribution >= 4 is 5.97 Å². The Morgan fingerprint density at radius 2 is 2.08 bits per heavy atom. The van der Waals surface area contributed by atoms with Gasteiger partial charge in [-0.05, 0) is 31.2 Å². The van der Waals surface area contributed by atoms with Gasteiger partial charge in [-0.1, -0.05) is 5.16 Å². The van der Waals surface area contributed by atoms with Gasteiger partial charge in [0.05, 0.1) is 23.7 Å². The van der Waals surface area contributed by atoms with Gasteiger partial charge in [-0.3, -0.25) is 4.98 Å². The molecule has 0 aliphatic heterocycles. The number of halogens is 1. The standard InChI is InChI=1S/C16H12FN3O4/c1-9-12(8-23-11-3-5-14(16(21)22)19-7-11)15(20-24-9)13-4-2-10(17)6-18-13/h2-7H,8H2,1H3,(H,21,22). The first-order chi connectivity index (χ1) is 11.5. The summed E-state index contributed by atoms with van der Waals surface area (Å²) >= 11 is 0. The van der Waals surface area contributed by atoms with Crippen LogP contribution in [-0.2, 0) is 6.61 Å². The zero-order valence-electron chi connectivity index (χ0n) is 12.6. The summed E-state index contributed by atoms with van der Waals surface area (Å²) < 4.78 is 23.7. The Morgan fingerprint density at radius 1 is 1.25 bits per heavy atom. The molecule has 24 heavy (non-hydrogen) atoms. The van der Waals surface area contributed by atoms with Crippen molar-refractivity contribution in [2.45, 2.75) is 13.5 Å². The highest BCUT2D eigenvalue weighted by Crippen LogP contribution is 2.25.